The Balaban J connectivity index is 1.81. The van der Waals surface area contributed by atoms with Crippen molar-refractivity contribution in [3.63, 3.8) is 0 Å². The normalized spacial score (nSPS) is 11.7. The summed E-state index contributed by atoms with van der Waals surface area (Å²) in [7, 11) is 0. The van der Waals surface area contributed by atoms with Gasteiger partial charge in [-0.3, -0.25) is 0 Å². The monoisotopic (exact) mass is 392 g/mol. The lowest BCUT2D eigenvalue weighted by molar-refractivity contribution is 0.629. The maximum Gasteiger partial charge on any atom is 0.123 e. The van der Waals surface area contributed by atoms with Crippen LogP contribution in [0, 0.1) is 11.6 Å². The molecule has 0 spiro atoms. The fraction of sp³-hybridized carbons (Fsp3) is 0.0435. The van der Waals surface area contributed by atoms with Crippen molar-refractivity contribution >= 4 is 33.4 Å². The molecule has 28 heavy (non-hydrogen) atoms. The molecular formula is C23H15ClF2N2. The van der Waals surface area contributed by atoms with E-state index in [0.29, 0.717) is 5.02 Å². The molecule has 0 saturated carbocycles. The molecule has 2 nitrogen and oxygen atoms in total. The molecule has 0 unspecified atom stereocenters. The highest BCUT2D eigenvalue weighted by Crippen LogP contribution is 2.40. The van der Waals surface area contributed by atoms with Gasteiger partial charge in [-0.05, 0) is 65.2 Å². The van der Waals surface area contributed by atoms with E-state index in [9.17, 15) is 8.78 Å². The van der Waals surface area contributed by atoms with Crippen LogP contribution in [-0.2, 0) is 0 Å². The molecule has 0 saturated heterocycles. The zero-order valence-corrected chi connectivity index (χ0v) is 15.4. The Labute approximate surface area is 164 Å². The summed E-state index contributed by atoms with van der Waals surface area (Å²) >= 11 is 6.09. The Bertz CT molecular complexity index is 1220. The van der Waals surface area contributed by atoms with Crippen molar-refractivity contribution in [2.45, 2.75) is 5.92 Å². The summed E-state index contributed by atoms with van der Waals surface area (Å²) < 4.78 is 27.9. The minimum Gasteiger partial charge on any atom is -0.361 e. The molecule has 5 heteroatoms. The van der Waals surface area contributed by atoms with Crippen LogP contribution in [0.3, 0.4) is 0 Å². The number of rotatable bonds is 3. The molecule has 0 aliphatic rings. The van der Waals surface area contributed by atoms with Crippen molar-refractivity contribution in [1.29, 1.82) is 0 Å². The van der Waals surface area contributed by atoms with E-state index in [2.05, 4.69) is 9.97 Å². The molecule has 0 atom stereocenters. The fourth-order valence-electron chi connectivity index (χ4n) is 3.89. The van der Waals surface area contributed by atoms with E-state index >= 15 is 0 Å². The average molecular weight is 393 g/mol. The average Bonchev–Trinajstić information content (AvgIpc) is 3.28. The smallest absolute Gasteiger partial charge is 0.123 e. The molecule has 3 aromatic carbocycles. The lowest BCUT2D eigenvalue weighted by Crippen LogP contribution is -2.02. The number of hydrogen-bond donors (Lipinski definition) is 2. The maximum atomic E-state index is 14.0. The van der Waals surface area contributed by atoms with E-state index in [1.54, 1.807) is 12.1 Å². The fourth-order valence-corrected chi connectivity index (χ4v) is 4.01. The number of aromatic nitrogens is 2. The van der Waals surface area contributed by atoms with Crippen LogP contribution in [0.15, 0.2) is 73.1 Å². The molecule has 0 aliphatic carbocycles. The molecular weight excluding hydrogens is 378 g/mol. The van der Waals surface area contributed by atoms with E-state index in [4.69, 9.17) is 11.6 Å². The number of aromatic amines is 2. The third-order valence-electron chi connectivity index (χ3n) is 5.18. The van der Waals surface area contributed by atoms with Crippen LogP contribution in [0.2, 0.25) is 5.02 Å². The van der Waals surface area contributed by atoms with E-state index < -0.39 is 0 Å². The van der Waals surface area contributed by atoms with Crippen LogP contribution in [0.5, 0.6) is 0 Å². The van der Waals surface area contributed by atoms with E-state index in [1.807, 2.05) is 36.7 Å². The number of fused-ring (bicyclic) bond motifs is 2. The molecule has 0 bridgehead atoms. The minimum absolute atomic E-state index is 0.219. The maximum absolute atomic E-state index is 14.0. The summed E-state index contributed by atoms with van der Waals surface area (Å²) in [5, 5.41) is 2.23. The van der Waals surface area contributed by atoms with Crippen molar-refractivity contribution in [2.75, 3.05) is 0 Å². The highest BCUT2D eigenvalue weighted by Gasteiger charge is 2.23. The van der Waals surface area contributed by atoms with Crippen molar-refractivity contribution < 1.29 is 8.78 Å². The number of halogens is 3. The van der Waals surface area contributed by atoms with Crippen LogP contribution in [0.1, 0.15) is 22.6 Å². The van der Waals surface area contributed by atoms with Crippen molar-refractivity contribution in [3.05, 3.63) is 106 Å². The van der Waals surface area contributed by atoms with Gasteiger partial charge in [0.15, 0.2) is 0 Å². The number of nitrogens with one attached hydrogen (secondary N) is 2. The highest BCUT2D eigenvalue weighted by atomic mass is 35.5. The van der Waals surface area contributed by atoms with Gasteiger partial charge >= 0.3 is 0 Å². The summed E-state index contributed by atoms with van der Waals surface area (Å²) in [6, 6.07) is 16.9. The van der Waals surface area contributed by atoms with Gasteiger partial charge in [-0.15, -0.1) is 0 Å². The molecule has 2 heterocycles. The summed E-state index contributed by atoms with van der Waals surface area (Å²) in [5.41, 5.74) is 4.52. The van der Waals surface area contributed by atoms with Crippen molar-refractivity contribution in [2.24, 2.45) is 0 Å². The second-order valence-corrected chi connectivity index (χ2v) is 7.29. The summed E-state index contributed by atoms with van der Waals surface area (Å²) in [4.78, 5) is 6.44. The molecule has 2 aromatic heterocycles. The van der Waals surface area contributed by atoms with Gasteiger partial charge in [0, 0.05) is 45.1 Å². The summed E-state index contributed by atoms with van der Waals surface area (Å²) in [6.45, 7) is 0. The van der Waals surface area contributed by atoms with Crippen LogP contribution < -0.4 is 0 Å². The van der Waals surface area contributed by atoms with E-state index in [1.165, 1.54) is 24.3 Å². The lowest BCUT2D eigenvalue weighted by atomic mass is 9.85. The minimum atomic E-state index is -0.298. The predicted molar refractivity (Wildman–Crippen MR) is 109 cm³/mol. The molecule has 2 N–H and O–H groups in total. The van der Waals surface area contributed by atoms with Crippen molar-refractivity contribution in [1.82, 2.24) is 9.97 Å². The zero-order valence-electron chi connectivity index (χ0n) is 14.6. The topological polar surface area (TPSA) is 31.6 Å². The van der Waals surface area contributed by atoms with Gasteiger partial charge in [0.25, 0.3) is 0 Å². The predicted octanol–water partition coefficient (Wildman–Crippen LogP) is 6.76. The van der Waals surface area contributed by atoms with Gasteiger partial charge in [0.2, 0.25) is 0 Å². The second kappa shape index (κ2) is 6.50. The SMILES string of the molecule is Fc1ccc2[nH]cc(C(c3ccc(Cl)cc3)c3c[nH]c4ccc(F)cc34)c2c1. The molecule has 5 aromatic rings. The zero-order chi connectivity index (χ0) is 19.3. The van der Waals surface area contributed by atoms with Gasteiger partial charge in [0.1, 0.15) is 11.6 Å². The molecule has 0 radical (unpaired) electrons. The van der Waals surface area contributed by atoms with Crippen LogP contribution in [0.25, 0.3) is 21.8 Å². The first-order valence-electron chi connectivity index (χ1n) is 8.89. The Morgan fingerprint density at radius 2 is 1.18 bits per heavy atom. The number of hydrogen-bond acceptors (Lipinski definition) is 0. The van der Waals surface area contributed by atoms with Crippen LogP contribution >= 0.6 is 11.6 Å². The van der Waals surface area contributed by atoms with Gasteiger partial charge in [-0.1, -0.05) is 23.7 Å². The quantitative estimate of drug-likeness (QED) is 0.340. The molecule has 5 rings (SSSR count). The van der Waals surface area contributed by atoms with Gasteiger partial charge in [-0.25, -0.2) is 8.78 Å². The Morgan fingerprint density at radius 1 is 0.679 bits per heavy atom. The largest absolute Gasteiger partial charge is 0.361 e. The summed E-state index contributed by atoms with van der Waals surface area (Å²) in [5.74, 6) is -0.815. The first kappa shape index (κ1) is 17.0. The van der Waals surface area contributed by atoms with Crippen molar-refractivity contribution in [3.8, 4) is 0 Å². The van der Waals surface area contributed by atoms with Crippen LogP contribution in [0.4, 0.5) is 8.78 Å². The molecule has 0 fully saturated rings. The molecule has 0 aliphatic heterocycles. The number of H-pyrrole nitrogens is 2. The molecule has 0 amide bonds. The third kappa shape index (κ3) is 2.77. The third-order valence-corrected chi connectivity index (χ3v) is 5.43. The van der Waals surface area contributed by atoms with Crippen LogP contribution in [-0.4, -0.2) is 9.97 Å². The standard InChI is InChI=1S/C23H15ClF2N2/c24-14-3-1-13(2-4-14)23(19-11-27-21-7-5-15(25)9-17(19)21)20-12-28-22-8-6-16(26)10-18(20)22/h1-12,23,27-28H. The van der Waals surface area contributed by atoms with E-state index in [0.717, 1.165) is 38.5 Å². The lowest BCUT2D eigenvalue weighted by Gasteiger charge is -2.17. The Kier molecular flexibility index (Phi) is 3.95. The highest BCUT2D eigenvalue weighted by molar-refractivity contribution is 6.30. The first-order valence-corrected chi connectivity index (χ1v) is 9.26. The summed E-state index contributed by atoms with van der Waals surface area (Å²) in [6.07, 6.45) is 3.78. The Morgan fingerprint density at radius 3 is 1.68 bits per heavy atom. The van der Waals surface area contributed by atoms with E-state index in [-0.39, 0.29) is 17.6 Å². The molecule has 138 valence electrons. The second-order valence-electron chi connectivity index (χ2n) is 6.85. The Hall–Kier alpha value is -3.11. The van der Waals surface area contributed by atoms with Gasteiger partial charge in [-0.2, -0.15) is 0 Å². The van der Waals surface area contributed by atoms with Gasteiger partial charge < -0.3 is 9.97 Å². The van der Waals surface area contributed by atoms with Gasteiger partial charge in [0.05, 0.1) is 0 Å². The number of benzene rings is 3. The first-order chi connectivity index (χ1) is 13.6.